The second-order valence-electron chi connectivity index (χ2n) is 3.76. The van der Waals surface area contributed by atoms with Gasteiger partial charge in [0.1, 0.15) is 0 Å². The molecule has 82 valence electrons. The van der Waals surface area contributed by atoms with E-state index in [9.17, 15) is 0 Å². The highest BCUT2D eigenvalue weighted by molar-refractivity contribution is 7.99. The number of hydrogen-bond acceptors (Lipinski definition) is 3. The first-order chi connectivity index (χ1) is 7.18. The fraction of sp³-hybridized carbons (Fsp3) is 0.455. The summed E-state index contributed by atoms with van der Waals surface area (Å²) in [5.41, 5.74) is 8.99. The minimum Gasteiger partial charge on any atom is -0.397 e. The summed E-state index contributed by atoms with van der Waals surface area (Å²) < 4.78 is 0. The lowest BCUT2D eigenvalue weighted by atomic mass is 10.1. The molecule has 1 saturated heterocycles. The molecule has 0 bridgehead atoms. The number of thioether (sulfide) groups is 1. The van der Waals surface area contributed by atoms with Crippen molar-refractivity contribution in [2.75, 3.05) is 35.2 Å². The second kappa shape index (κ2) is 4.54. The highest BCUT2D eigenvalue weighted by Crippen LogP contribution is 2.31. The number of nitrogen functional groups attached to an aromatic ring is 1. The topological polar surface area (TPSA) is 29.3 Å². The number of rotatable bonds is 1. The standard InChI is InChI=1S/C11H15ClN2S/c1-8-6-10(13)11(7-9(8)12)14-2-4-15-5-3-14/h6-7H,2-5,13H2,1H3. The number of nitrogens with two attached hydrogens (primary N) is 1. The molecule has 0 atom stereocenters. The van der Waals surface area contributed by atoms with Crippen LogP contribution in [0.4, 0.5) is 11.4 Å². The molecule has 0 aliphatic carbocycles. The van der Waals surface area contributed by atoms with Gasteiger partial charge in [-0.25, -0.2) is 0 Å². The number of halogens is 1. The summed E-state index contributed by atoms with van der Waals surface area (Å²) in [7, 11) is 0. The van der Waals surface area contributed by atoms with Gasteiger partial charge < -0.3 is 10.6 Å². The van der Waals surface area contributed by atoms with Crippen LogP contribution < -0.4 is 10.6 Å². The molecular weight excluding hydrogens is 228 g/mol. The van der Waals surface area contributed by atoms with Crippen molar-refractivity contribution < 1.29 is 0 Å². The van der Waals surface area contributed by atoms with Crippen LogP contribution in [-0.2, 0) is 0 Å². The molecule has 2 rings (SSSR count). The normalized spacial score (nSPS) is 16.8. The Morgan fingerprint density at radius 1 is 1.33 bits per heavy atom. The molecule has 4 heteroatoms. The Bertz CT molecular complexity index is 362. The lowest BCUT2D eigenvalue weighted by Gasteiger charge is -2.29. The smallest absolute Gasteiger partial charge is 0.0615 e. The predicted octanol–water partition coefficient (Wildman–Crippen LogP) is 2.78. The summed E-state index contributed by atoms with van der Waals surface area (Å²) in [5.74, 6) is 2.34. The van der Waals surface area contributed by atoms with Crippen molar-refractivity contribution in [3.8, 4) is 0 Å². The van der Waals surface area contributed by atoms with E-state index in [1.54, 1.807) is 0 Å². The van der Waals surface area contributed by atoms with Crippen LogP contribution in [-0.4, -0.2) is 24.6 Å². The fourth-order valence-corrected chi connectivity index (χ4v) is 2.83. The van der Waals surface area contributed by atoms with Crippen molar-refractivity contribution >= 4 is 34.7 Å². The zero-order chi connectivity index (χ0) is 10.8. The minimum absolute atomic E-state index is 0.803. The lowest BCUT2D eigenvalue weighted by molar-refractivity contribution is 0.860. The molecule has 0 unspecified atom stereocenters. The van der Waals surface area contributed by atoms with Crippen molar-refractivity contribution in [1.29, 1.82) is 0 Å². The van der Waals surface area contributed by atoms with Crippen LogP contribution in [0.5, 0.6) is 0 Å². The van der Waals surface area contributed by atoms with Gasteiger partial charge in [-0.3, -0.25) is 0 Å². The molecule has 2 N–H and O–H groups in total. The Morgan fingerprint density at radius 2 is 2.00 bits per heavy atom. The number of aryl methyl sites for hydroxylation is 1. The number of nitrogens with zero attached hydrogens (tertiary/aromatic N) is 1. The highest BCUT2D eigenvalue weighted by atomic mass is 35.5. The van der Waals surface area contributed by atoms with Crippen LogP contribution in [0.1, 0.15) is 5.56 Å². The van der Waals surface area contributed by atoms with Gasteiger partial charge >= 0.3 is 0 Å². The Kier molecular flexibility index (Phi) is 3.32. The third-order valence-corrected chi connectivity index (χ3v) is 4.01. The van der Waals surface area contributed by atoms with Gasteiger partial charge in [0.05, 0.1) is 11.4 Å². The average Bonchev–Trinajstić information content (AvgIpc) is 2.25. The zero-order valence-electron chi connectivity index (χ0n) is 8.79. The van der Waals surface area contributed by atoms with E-state index in [-0.39, 0.29) is 0 Å². The van der Waals surface area contributed by atoms with Crippen molar-refractivity contribution in [2.45, 2.75) is 6.92 Å². The van der Waals surface area contributed by atoms with Crippen LogP contribution >= 0.6 is 23.4 Å². The van der Waals surface area contributed by atoms with Crippen molar-refractivity contribution in [3.05, 3.63) is 22.7 Å². The molecule has 1 fully saturated rings. The maximum Gasteiger partial charge on any atom is 0.0615 e. The molecule has 1 aromatic rings. The van der Waals surface area contributed by atoms with Gasteiger partial charge in [-0.1, -0.05) is 11.6 Å². The van der Waals surface area contributed by atoms with Crippen LogP contribution in [0.2, 0.25) is 5.02 Å². The molecule has 0 spiro atoms. The second-order valence-corrected chi connectivity index (χ2v) is 5.39. The Labute approximate surface area is 99.8 Å². The maximum atomic E-state index is 6.12. The van der Waals surface area contributed by atoms with Crippen LogP contribution in [0.25, 0.3) is 0 Å². The molecule has 1 aromatic carbocycles. The largest absolute Gasteiger partial charge is 0.397 e. The summed E-state index contributed by atoms with van der Waals surface area (Å²) in [6.45, 7) is 4.11. The fourth-order valence-electron chi connectivity index (χ4n) is 1.77. The van der Waals surface area contributed by atoms with Gasteiger partial charge in [0.25, 0.3) is 0 Å². The van der Waals surface area contributed by atoms with Gasteiger partial charge in [-0.2, -0.15) is 11.8 Å². The van der Waals surface area contributed by atoms with E-state index in [2.05, 4.69) is 4.90 Å². The molecule has 1 aliphatic rings. The first-order valence-electron chi connectivity index (χ1n) is 5.07. The average molecular weight is 243 g/mol. The molecule has 1 heterocycles. The third-order valence-electron chi connectivity index (χ3n) is 2.66. The number of hydrogen-bond donors (Lipinski definition) is 1. The number of anilines is 2. The summed E-state index contributed by atoms with van der Waals surface area (Å²) in [6, 6.07) is 3.95. The zero-order valence-corrected chi connectivity index (χ0v) is 10.4. The molecule has 0 radical (unpaired) electrons. The summed E-state index contributed by atoms with van der Waals surface area (Å²) in [6.07, 6.45) is 0. The quantitative estimate of drug-likeness (QED) is 0.768. The maximum absolute atomic E-state index is 6.12. The van der Waals surface area contributed by atoms with E-state index in [0.717, 1.165) is 35.1 Å². The Morgan fingerprint density at radius 3 is 2.67 bits per heavy atom. The van der Waals surface area contributed by atoms with E-state index in [4.69, 9.17) is 17.3 Å². The molecular formula is C11H15ClN2S. The molecule has 15 heavy (non-hydrogen) atoms. The first kappa shape index (κ1) is 11.0. The van der Waals surface area contributed by atoms with Gasteiger partial charge in [-0.15, -0.1) is 0 Å². The molecule has 1 aliphatic heterocycles. The van der Waals surface area contributed by atoms with Gasteiger partial charge in [0.2, 0.25) is 0 Å². The van der Waals surface area contributed by atoms with E-state index >= 15 is 0 Å². The van der Waals surface area contributed by atoms with Gasteiger partial charge in [-0.05, 0) is 24.6 Å². The van der Waals surface area contributed by atoms with E-state index in [0.29, 0.717) is 0 Å². The van der Waals surface area contributed by atoms with Crippen molar-refractivity contribution in [1.82, 2.24) is 0 Å². The van der Waals surface area contributed by atoms with Crippen LogP contribution in [0.3, 0.4) is 0 Å². The molecule has 0 amide bonds. The van der Waals surface area contributed by atoms with E-state index < -0.39 is 0 Å². The van der Waals surface area contributed by atoms with Crippen LogP contribution in [0.15, 0.2) is 12.1 Å². The Balaban J connectivity index is 2.30. The summed E-state index contributed by atoms with van der Waals surface area (Å²) in [4.78, 5) is 2.32. The Hall–Kier alpha value is -0.540. The summed E-state index contributed by atoms with van der Waals surface area (Å²) >= 11 is 8.11. The first-order valence-corrected chi connectivity index (χ1v) is 6.60. The molecule has 2 nitrogen and oxygen atoms in total. The van der Waals surface area contributed by atoms with Crippen LogP contribution in [0, 0.1) is 6.92 Å². The number of benzene rings is 1. The molecule has 0 saturated carbocycles. The SMILES string of the molecule is Cc1cc(N)c(N2CCSCC2)cc1Cl. The minimum atomic E-state index is 0.803. The van der Waals surface area contributed by atoms with E-state index in [1.165, 1.54) is 11.5 Å². The third kappa shape index (κ3) is 2.34. The van der Waals surface area contributed by atoms with Gasteiger partial charge in [0.15, 0.2) is 0 Å². The molecule has 0 aromatic heterocycles. The monoisotopic (exact) mass is 242 g/mol. The van der Waals surface area contributed by atoms with Crippen molar-refractivity contribution in [3.63, 3.8) is 0 Å². The highest BCUT2D eigenvalue weighted by Gasteiger charge is 2.14. The predicted molar refractivity (Wildman–Crippen MR) is 70.1 cm³/mol. The van der Waals surface area contributed by atoms with E-state index in [1.807, 2.05) is 30.8 Å². The van der Waals surface area contributed by atoms with Crippen molar-refractivity contribution in [2.24, 2.45) is 0 Å². The van der Waals surface area contributed by atoms with Gasteiger partial charge in [0, 0.05) is 29.6 Å². The lowest BCUT2D eigenvalue weighted by Crippen LogP contribution is -2.33. The summed E-state index contributed by atoms with van der Waals surface area (Å²) in [5, 5.41) is 0.803.